The van der Waals surface area contributed by atoms with Crippen molar-refractivity contribution in [2.24, 2.45) is 5.84 Å². The number of hydrazine groups is 1. The van der Waals surface area contributed by atoms with Crippen LogP contribution in [-0.4, -0.2) is 19.0 Å². The quantitative estimate of drug-likeness (QED) is 0.522. The zero-order valence-corrected chi connectivity index (χ0v) is 15.6. The summed E-state index contributed by atoms with van der Waals surface area (Å²) in [6.45, 7) is 10.3. The van der Waals surface area contributed by atoms with Gasteiger partial charge in [0.1, 0.15) is 0 Å². The normalized spacial score (nSPS) is 14.0. The first-order valence-corrected chi connectivity index (χ1v) is 8.92. The van der Waals surface area contributed by atoms with E-state index in [9.17, 15) is 4.79 Å². The number of hydrogen-bond donors (Lipinski definition) is 1. The highest BCUT2D eigenvalue weighted by atomic mass is 16.2. The van der Waals surface area contributed by atoms with Crippen molar-refractivity contribution in [3.63, 3.8) is 0 Å². The highest BCUT2D eigenvalue weighted by Crippen LogP contribution is 2.37. The third-order valence-corrected chi connectivity index (χ3v) is 5.15. The second kappa shape index (κ2) is 6.89. The van der Waals surface area contributed by atoms with Gasteiger partial charge in [-0.1, -0.05) is 24.3 Å². The van der Waals surface area contributed by atoms with Gasteiger partial charge >= 0.3 is 0 Å². The molecule has 1 saturated heterocycles. The van der Waals surface area contributed by atoms with Crippen molar-refractivity contribution in [3.05, 3.63) is 58.1 Å². The molecule has 1 aliphatic rings. The molecule has 0 aliphatic carbocycles. The van der Waals surface area contributed by atoms with Crippen LogP contribution in [0.2, 0.25) is 0 Å². The molecular weight excluding hydrogens is 310 g/mol. The van der Waals surface area contributed by atoms with Gasteiger partial charge in [-0.3, -0.25) is 4.79 Å². The summed E-state index contributed by atoms with van der Waals surface area (Å²) < 4.78 is 0. The topological polar surface area (TPSA) is 49.6 Å². The van der Waals surface area contributed by atoms with Crippen LogP contribution in [0.15, 0.2) is 30.3 Å². The van der Waals surface area contributed by atoms with Gasteiger partial charge in [0.2, 0.25) is 0 Å². The number of aryl methyl sites for hydroxylation is 3. The molecule has 0 atom stereocenters. The number of hydrogen-bond acceptors (Lipinski definition) is 3. The molecule has 3 rings (SSSR count). The maximum Gasteiger partial charge on any atom is 0.272 e. The maximum atomic E-state index is 13.0. The standard InChI is InChI=1S/C21H27N3O/c1-14-9-5-6-10-18(14)21(25)24(22)20-16(3)13-15(2)19(17(20)4)23-11-7-8-12-23/h5-6,9-10,13H,7-8,11-12,22H2,1-4H3. The van der Waals surface area contributed by atoms with Crippen LogP contribution in [0.25, 0.3) is 0 Å². The zero-order chi connectivity index (χ0) is 18.1. The molecule has 1 aliphatic heterocycles. The Morgan fingerprint density at radius 2 is 1.64 bits per heavy atom. The minimum absolute atomic E-state index is 0.166. The summed E-state index contributed by atoms with van der Waals surface area (Å²) >= 11 is 0. The number of anilines is 2. The van der Waals surface area contributed by atoms with Gasteiger partial charge in [0.05, 0.1) is 5.69 Å². The third kappa shape index (κ3) is 3.14. The van der Waals surface area contributed by atoms with Crippen LogP contribution in [0.3, 0.4) is 0 Å². The molecular formula is C21H27N3O. The average Bonchev–Trinajstić information content (AvgIpc) is 3.08. The summed E-state index contributed by atoms with van der Waals surface area (Å²) in [4.78, 5) is 15.4. The Balaban J connectivity index is 2.05. The minimum atomic E-state index is -0.166. The Labute approximate surface area is 150 Å². The Morgan fingerprint density at radius 1 is 1.00 bits per heavy atom. The van der Waals surface area contributed by atoms with Crippen molar-refractivity contribution in [2.45, 2.75) is 40.5 Å². The summed E-state index contributed by atoms with van der Waals surface area (Å²) in [5.74, 6) is 6.16. The Kier molecular flexibility index (Phi) is 4.82. The minimum Gasteiger partial charge on any atom is -0.371 e. The zero-order valence-electron chi connectivity index (χ0n) is 15.6. The summed E-state index contributed by atoms with van der Waals surface area (Å²) in [6.07, 6.45) is 2.44. The summed E-state index contributed by atoms with van der Waals surface area (Å²) in [5.41, 5.74) is 6.99. The lowest BCUT2D eigenvalue weighted by atomic mass is 9.99. The molecule has 2 aromatic carbocycles. The van der Waals surface area contributed by atoms with Gasteiger partial charge in [0, 0.05) is 24.3 Å². The fourth-order valence-corrected chi connectivity index (χ4v) is 4.01. The Bertz CT molecular complexity index is 807. The van der Waals surface area contributed by atoms with E-state index < -0.39 is 0 Å². The van der Waals surface area contributed by atoms with Gasteiger partial charge in [0.15, 0.2) is 0 Å². The third-order valence-electron chi connectivity index (χ3n) is 5.15. The molecule has 0 bridgehead atoms. The molecule has 1 fully saturated rings. The molecule has 0 radical (unpaired) electrons. The molecule has 2 aromatic rings. The van der Waals surface area contributed by atoms with E-state index in [4.69, 9.17) is 5.84 Å². The molecule has 2 N–H and O–H groups in total. The fraction of sp³-hybridized carbons (Fsp3) is 0.381. The molecule has 0 aromatic heterocycles. The SMILES string of the molecule is Cc1ccccc1C(=O)N(N)c1c(C)cc(C)c(N2CCCC2)c1C. The molecule has 0 saturated carbocycles. The monoisotopic (exact) mass is 337 g/mol. The summed E-state index contributed by atoms with van der Waals surface area (Å²) in [6, 6.07) is 9.71. The molecule has 1 amide bonds. The number of rotatable bonds is 3. The number of carbonyl (C=O) groups excluding carboxylic acids is 1. The van der Waals surface area contributed by atoms with Crippen molar-refractivity contribution in [2.75, 3.05) is 23.0 Å². The number of nitrogens with zero attached hydrogens (tertiary/aromatic N) is 2. The van der Waals surface area contributed by atoms with E-state index in [1.54, 1.807) is 0 Å². The van der Waals surface area contributed by atoms with Crippen LogP contribution >= 0.6 is 0 Å². The molecule has 4 heteroatoms. The van der Waals surface area contributed by atoms with E-state index in [0.29, 0.717) is 5.56 Å². The fourth-order valence-electron chi connectivity index (χ4n) is 4.01. The van der Waals surface area contributed by atoms with Gasteiger partial charge in [0.25, 0.3) is 5.91 Å². The van der Waals surface area contributed by atoms with Gasteiger partial charge in [-0.15, -0.1) is 0 Å². The average molecular weight is 337 g/mol. The lowest BCUT2D eigenvalue weighted by Gasteiger charge is -2.29. The van der Waals surface area contributed by atoms with Gasteiger partial charge in [-0.05, 0) is 68.9 Å². The first kappa shape index (κ1) is 17.5. The van der Waals surface area contributed by atoms with Crippen molar-refractivity contribution in [1.82, 2.24) is 0 Å². The van der Waals surface area contributed by atoms with Gasteiger partial charge < -0.3 is 4.90 Å². The van der Waals surface area contributed by atoms with Crippen molar-refractivity contribution < 1.29 is 4.79 Å². The van der Waals surface area contributed by atoms with Crippen molar-refractivity contribution >= 4 is 17.3 Å². The Hall–Kier alpha value is -2.33. The summed E-state index contributed by atoms with van der Waals surface area (Å²) in [5, 5.41) is 1.33. The van der Waals surface area contributed by atoms with E-state index in [2.05, 4.69) is 24.8 Å². The molecule has 1 heterocycles. The molecule has 0 spiro atoms. The highest BCUT2D eigenvalue weighted by molar-refractivity contribution is 6.07. The molecule has 25 heavy (non-hydrogen) atoms. The van der Waals surface area contributed by atoms with Crippen LogP contribution < -0.4 is 15.8 Å². The highest BCUT2D eigenvalue weighted by Gasteiger charge is 2.24. The van der Waals surface area contributed by atoms with Crippen molar-refractivity contribution in [3.8, 4) is 0 Å². The van der Waals surface area contributed by atoms with E-state index in [1.165, 1.54) is 29.1 Å². The van der Waals surface area contributed by atoms with Crippen LogP contribution in [0.1, 0.15) is 45.5 Å². The van der Waals surface area contributed by atoms with E-state index in [1.807, 2.05) is 38.1 Å². The maximum absolute atomic E-state index is 13.0. The first-order valence-electron chi connectivity index (χ1n) is 8.92. The van der Waals surface area contributed by atoms with E-state index in [-0.39, 0.29) is 5.91 Å². The second-order valence-corrected chi connectivity index (χ2v) is 7.02. The largest absolute Gasteiger partial charge is 0.371 e. The molecule has 0 unspecified atom stereocenters. The van der Waals surface area contributed by atoms with Gasteiger partial charge in [-0.2, -0.15) is 0 Å². The number of benzene rings is 2. The van der Waals surface area contributed by atoms with Crippen LogP contribution in [0.5, 0.6) is 0 Å². The predicted molar refractivity (Wildman–Crippen MR) is 104 cm³/mol. The number of carbonyl (C=O) groups is 1. The summed E-state index contributed by atoms with van der Waals surface area (Å²) in [7, 11) is 0. The van der Waals surface area contributed by atoms with Crippen LogP contribution in [-0.2, 0) is 0 Å². The molecule has 132 valence electrons. The number of nitrogens with two attached hydrogens (primary N) is 1. The predicted octanol–water partition coefficient (Wildman–Crippen LogP) is 4.04. The smallest absolute Gasteiger partial charge is 0.272 e. The lowest BCUT2D eigenvalue weighted by molar-refractivity contribution is 0.0986. The number of amides is 1. The second-order valence-electron chi connectivity index (χ2n) is 7.02. The van der Waals surface area contributed by atoms with Crippen molar-refractivity contribution in [1.29, 1.82) is 0 Å². The van der Waals surface area contributed by atoms with E-state index in [0.717, 1.165) is 35.5 Å². The molecule has 4 nitrogen and oxygen atoms in total. The van der Waals surface area contributed by atoms with Gasteiger partial charge in [-0.25, -0.2) is 10.9 Å². The van der Waals surface area contributed by atoms with Crippen LogP contribution in [0.4, 0.5) is 11.4 Å². The first-order chi connectivity index (χ1) is 11.9. The Morgan fingerprint density at radius 3 is 2.28 bits per heavy atom. The lowest BCUT2D eigenvalue weighted by Crippen LogP contribution is -2.39. The van der Waals surface area contributed by atoms with E-state index >= 15 is 0 Å². The van der Waals surface area contributed by atoms with Crippen LogP contribution in [0, 0.1) is 27.7 Å².